The maximum absolute atomic E-state index is 13.3. The van der Waals surface area contributed by atoms with Gasteiger partial charge in [0.2, 0.25) is 0 Å². The first-order chi connectivity index (χ1) is 9.13. The molecule has 1 atom stereocenters. The van der Waals surface area contributed by atoms with Crippen molar-refractivity contribution in [3.8, 4) is 0 Å². The van der Waals surface area contributed by atoms with Crippen LogP contribution >= 0.6 is 0 Å². The van der Waals surface area contributed by atoms with E-state index >= 15 is 0 Å². The lowest BCUT2D eigenvalue weighted by Gasteiger charge is -2.46. The van der Waals surface area contributed by atoms with Crippen LogP contribution in [-0.2, 0) is 4.79 Å². The highest BCUT2D eigenvalue weighted by Crippen LogP contribution is 2.46. The summed E-state index contributed by atoms with van der Waals surface area (Å²) >= 11 is 0. The van der Waals surface area contributed by atoms with Crippen LogP contribution in [0.2, 0.25) is 0 Å². The highest BCUT2D eigenvalue weighted by Gasteiger charge is 2.47. The third kappa shape index (κ3) is 5.39. The Bertz CT molecular complexity index is 345. The summed E-state index contributed by atoms with van der Waals surface area (Å²) in [5, 5.41) is 3.55. The summed E-state index contributed by atoms with van der Waals surface area (Å²) in [7, 11) is 0. The number of nitrogens with one attached hydrogen (secondary N) is 1. The monoisotopic (exact) mass is 297 g/mol. The van der Waals surface area contributed by atoms with Gasteiger partial charge in [-0.3, -0.25) is 4.79 Å². The molecule has 0 aliphatic heterocycles. The van der Waals surface area contributed by atoms with Gasteiger partial charge < -0.3 is 5.32 Å². The minimum atomic E-state index is -0.348. The molecule has 21 heavy (non-hydrogen) atoms. The van der Waals surface area contributed by atoms with Crippen molar-refractivity contribution in [1.82, 2.24) is 5.32 Å². The average Bonchev–Trinajstić information content (AvgIpc) is 2.23. The summed E-state index contributed by atoms with van der Waals surface area (Å²) < 4.78 is 0. The third-order valence-electron chi connectivity index (χ3n) is 5.30. The number of hydrogen-bond donors (Lipinski definition) is 1. The quantitative estimate of drug-likeness (QED) is 0.711. The highest BCUT2D eigenvalue weighted by atomic mass is 16.1. The van der Waals surface area contributed by atoms with E-state index in [-0.39, 0.29) is 22.4 Å². The van der Waals surface area contributed by atoms with Crippen LogP contribution in [0.1, 0.15) is 82.6 Å². The van der Waals surface area contributed by atoms with Crippen molar-refractivity contribution in [3.05, 3.63) is 0 Å². The molecule has 2 heteroatoms. The van der Waals surface area contributed by atoms with Crippen LogP contribution in [0.15, 0.2) is 0 Å². The number of ketones is 1. The van der Waals surface area contributed by atoms with Crippen LogP contribution in [0.4, 0.5) is 0 Å². The number of carbonyl (C=O) groups excluding carboxylic acids is 1. The molecule has 0 unspecified atom stereocenters. The Morgan fingerprint density at radius 2 is 1.33 bits per heavy atom. The summed E-state index contributed by atoms with van der Waals surface area (Å²) in [5.41, 5.74) is -0.425. The van der Waals surface area contributed by atoms with Gasteiger partial charge in [-0.05, 0) is 44.4 Å². The molecule has 0 fully saturated rings. The van der Waals surface area contributed by atoms with Crippen molar-refractivity contribution in [2.75, 3.05) is 0 Å². The topological polar surface area (TPSA) is 29.1 Å². The largest absolute Gasteiger partial charge is 0.303 e. The molecule has 0 heterocycles. The van der Waals surface area contributed by atoms with Gasteiger partial charge in [0.1, 0.15) is 0 Å². The standard InChI is InChI=1S/C19H39NO/c1-13(2)12-15(20-17(5,6)7)16(21)19(10,11)18(8,9)14(3)4/h13-15,20H,12H2,1-11H3/t15-/m0/s1. The predicted molar refractivity (Wildman–Crippen MR) is 93.5 cm³/mol. The van der Waals surface area contributed by atoms with E-state index in [1.54, 1.807) is 0 Å². The van der Waals surface area contributed by atoms with E-state index in [4.69, 9.17) is 0 Å². The van der Waals surface area contributed by atoms with Crippen molar-refractivity contribution < 1.29 is 4.79 Å². The van der Waals surface area contributed by atoms with E-state index in [0.29, 0.717) is 17.6 Å². The second kappa shape index (κ2) is 6.81. The molecule has 0 bridgehead atoms. The maximum Gasteiger partial charge on any atom is 0.155 e. The van der Waals surface area contributed by atoms with Crippen molar-refractivity contribution in [2.45, 2.75) is 94.2 Å². The summed E-state index contributed by atoms with van der Waals surface area (Å²) in [6, 6.07) is -0.0713. The fourth-order valence-corrected chi connectivity index (χ4v) is 2.70. The Kier molecular flexibility index (Phi) is 6.69. The number of Topliss-reactive ketones (excluding diaryl/α,β-unsaturated/α-hetero) is 1. The van der Waals surface area contributed by atoms with Crippen LogP contribution in [0.3, 0.4) is 0 Å². The number of carbonyl (C=O) groups is 1. The smallest absolute Gasteiger partial charge is 0.155 e. The first-order valence-corrected chi connectivity index (χ1v) is 8.45. The molecule has 0 amide bonds. The van der Waals surface area contributed by atoms with Gasteiger partial charge in [-0.1, -0.05) is 55.4 Å². The van der Waals surface area contributed by atoms with E-state index in [0.717, 1.165) is 6.42 Å². The van der Waals surface area contributed by atoms with E-state index in [1.165, 1.54) is 0 Å². The molecule has 0 aliphatic carbocycles. The SMILES string of the molecule is CC(C)C[C@H](NC(C)(C)C)C(=O)C(C)(C)C(C)(C)C(C)C. The van der Waals surface area contributed by atoms with Crippen LogP contribution in [-0.4, -0.2) is 17.4 Å². The zero-order valence-electron chi connectivity index (χ0n) is 16.3. The predicted octanol–water partition coefficient (Wildman–Crippen LogP) is 5.07. The molecule has 0 rings (SSSR count). The van der Waals surface area contributed by atoms with E-state index < -0.39 is 0 Å². The van der Waals surface area contributed by atoms with Gasteiger partial charge in [0.25, 0.3) is 0 Å². The second-order valence-electron chi connectivity index (χ2n) is 9.44. The Morgan fingerprint density at radius 3 is 1.62 bits per heavy atom. The molecule has 0 spiro atoms. The minimum absolute atomic E-state index is 0.0289. The van der Waals surface area contributed by atoms with Crippen molar-refractivity contribution >= 4 is 5.78 Å². The van der Waals surface area contributed by atoms with Gasteiger partial charge in [-0.15, -0.1) is 0 Å². The summed E-state index contributed by atoms with van der Waals surface area (Å²) in [6.45, 7) is 23.9. The minimum Gasteiger partial charge on any atom is -0.303 e. The van der Waals surface area contributed by atoms with Gasteiger partial charge in [-0.25, -0.2) is 0 Å². The lowest BCUT2D eigenvalue weighted by atomic mass is 9.59. The zero-order chi connectivity index (χ0) is 17.2. The van der Waals surface area contributed by atoms with E-state index in [9.17, 15) is 4.79 Å². The molecule has 0 saturated heterocycles. The first-order valence-electron chi connectivity index (χ1n) is 8.45. The fraction of sp³-hybridized carbons (Fsp3) is 0.947. The number of hydrogen-bond acceptors (Lipinski definition) is 2. The van der Waals surface area contributed by atoms with E-state index in [2.05, 4.69) is 81.5 Å². The molecule has 126 valence electrons. The van der Waals surface area contributed by atoms with Crippen LogP contribution in [0, 0.1) is 22.7 Å². The molecule has 0 saturated carbocycles. The van der Waals surface area contributed by atoms with Gasteiger partial charge in [0.05, 0.1) is 6.04 Å². The van der Waals surface area contributed by atoms with Crippen molar-refractivity contribution in [3.63, 3.8) is 0 Å². The Labute approximate surface area is 133 Å². The molecule has 2 nitrogen and oxygen atoms in total. The fourth-order valence-electron chi connectivity index (χ4n) is 2.70. The molecule has 1 N–H and O–H groups in total. The average molecular weight is 298 g/mol. The van der Waals surface area contributed by atoms with Gasteiger partial charge in [0.15, 0.2) is 5.78 Å². The van der Waals surface area contributed by atoms with Gasteiger partial charge in [-0.2, -0.15) is 0 Å². The third-order valence-corrected chi connectivity index (χ3v) is 5.30. The van der Waals surface area contributed by atoms with Crippen LogP contribution < -0.4 is 5.32 Å². The Hall–Kier alpha value is -0.370. The molecule has 0 aliphatic rings. The molecular weight excluding hydrogens is 258 g/mol. The molecule has 0 aromatic carbocycles. The summed E-state index contributed by atoms with van der Waals surface area (Å²) in [6.07, 6.45) is 0.897. The molecular formula is C19H39NO. The highest BCUT2D eigenvalue weighted by molar-refractivity contribution is 5.90. The first kappa shape index (κ1) is 20.6. The molecule has 0 aromatic heterocycles. The maximum atomic E-state index is 13.3. The lowest BCUT2D eigenvalue weighted by Crippen LogP contribution is -2.55. The van der Waals surface area contributed by atoms with Gasteiger partial charge >= 0.3 is 0 Å². The molecule has 0 radical (unpaired) electrons. The van der Waals surface area contributed by atoms with Gasteiger partial charge in [0, 0.05) is 11.0 Å². The van der Waals surface area contributed by atoms with Crippen LogP contribution in [0.5, 0.6) is 0 Å². The van der Waals surface area contributed by atoms with Crippen molar-refractivity contribution in [2.24, 2.45) is 22.7 Å². The second-order valence-corrected chi connectivity index (χ2v) is 9.44. The van der Waals surface area contributed by atoms with Crippen molar-refractivity contribution in [1.29, 1.82) is 0 Å². The Morgan fingerprint density at radius 1 is 0.905 bits per heavy atom. The zero-order valence-corrected chi connectivity index (χ0v) is 16.3. The molecule has 0 aromatic rings. The summed E-state index contributed by atoms with van der Waals surface area (Å²) in [5.74, 6) is 1.32. The Balaban J connectivity index is 5.46. The number of rotatable bonds is 7. The van der Waals surface area contributed by atoms with Crippen LogP contribution in [0.25, 0.3) is 0 Å². The normalized spacial score (nSPS) is 15.7. The summed E-state index contributed by atoms with van der Waals surface area (Å²) in [4.78, 5) is 13.3. The lowest BCUT2D eigenvalue weighted by molar-refractivity contribution is -0.138. The van der Waals surface area contributed by atoms with E-state index in [1.807, 2.05) is 0 Å².